The van der Waals surface area contributed by atoms with Gasteiger partial charge in [-0.25, -0.2) is 0 Å². The van der Waals surface area contributed by atoms with Crippen LogP contribution < -0.4 is 5.32 Å². The Kier molecular flexibility index (Phi) is 6.33. The number of aryl methyl sites for hydroxylation is 2. The Morgan fingerprint density at radius 3 is 2.45 bits per heavy atom. The number of nitrogens with zero attached hydrogens (tertiary/aromatic N) is 3. The maximum absolute atomic E-state index is 4.79. The minimum Gasteiger partial charge on any atom is -0.317 e. The molecule has 1 fully saturated rings. The third kappa shape index (κ3) is 4.89. The predicted octanol–water partition coefficient (Wildman–Crippen LogP) is 4.51. The van der Waals surface area contributed by atoms with Crippen molar-refractivity contribution in [2.75, 3.05) is 13.1 Å². The van der Waals surface area contributed by atoms with Gasteiger partial charge in [0, 0.05) is 37.1 Å². The summed E-state index contributed by atoms with van der Waals surface area (Å²) in [5.74, 6) is 0. The maximum atomic E-state index is 4.79. The third-order valence-electron chi connectivity index (χ3n) is 5.83. The molecule has 1 aromatic carbocycles. The molecule has 0 unspecified atom stereocenters. The molecule has 0 bridgehead atoms. The Bertz CT molecular complexity index is 933. The molecule has 3 aromatic rings. The number of benzene rings is 1. The third-order valence-corrected chi connectivity index (χ3v) is 5.83. The summed E-state index contributed by atoms with van der Waals surface area (Å²) >= 11 is 0. The van der Waals surface area contributed by atoms with Crippen molar-refractivity contribution in [1.82, 2.24) is 20.2 Å². The van der Waals surface area contributed by atoms with Gasteiger partial charge in [0.25, 0.3) is 0 Å². The quantitative estimate of drug-likeness (QED) is 0.676. The summed E-state index contributed by atoms with van der Waals surface area (Å²) in [6, 6.07) is 17.6. The molecule has 0 amide bonds. The molecule has 0 atom stereocenters. The molecule has 0 aliphatic carbocycles. The second-order valence-electron chi connectivity index (χ2n) is 8.03. The smallest absolute Gasteiger partial charge is 0.0622 e. The molecule has 4 rings (SSSR count). The van der Waals surface area contributed by atoms with Gasteiger partial charge >= 0.3 is 0 Å². The molecule has 0 spiro atoms. The largest absolute Gasteiger partial charge is 0.317 e. The summed E-state index contributed by atoms with van der Waals surface area (Å²) in [6.45, 7) is 8.14. The molecular weight excluding hydrogens is 356 g/mol. The molecule has 0 saturated carbocycles. The van der Waals surface area contributed by atoms with Crippen LogP contribution in [0.2, 0.25) is 0 Å². The van der Waals surface area contributed by atoms with Gasteiger partial charge in [0.05, 0.1) is 11.4 Å². The summed E-state index contributed by atoms with van der Waals surface area (Å²) in [5, 5.41) is 3.50. The van der Waals surface area contributed by atoms with Crippen molar-refractivity contribution in [1.29, 1.82) is 0 Å². The van der Waals surface area contributed by atoms with Gasteiger partial charge in [-0.3, -0.25) is 14.9 Å². The Morgan fingerprint density at radius 1 is 0.931 bits per heavy atom. The van der Waals surface area contributed by atoms with Crippen LogP contribution >= 0.6 is 0 Å². The first kappa shape index (κ1) is 19.7. The highest BCUT2D eigenvalue weighted by atomic mass is 15.2. The van der Waals surface area contributed by atoms with Crippen LogP contribution in [0.4, 0.5) is 0 Å². The van der Waals surface area contributed by atoms with Crippen molar-refractivity contribution in [3.63, 3.8) is 0 Å². The van der Waals surface area contributed by atoms with Gasteiger partial charge in [0.2, 0.25) is 0 Å². The van der Waals surface area contributed by atoms with Crippen molar-refractivity contribution in [2.45, 2.75) is 45.8 Å². The highest BCUT2D eigenvalue weighted by Crippen LogP contribution is 2.26. The zero-order valence-electron chi connectivity index (χ0n) is 17.4. The van der Waals surface area contributed by atoms with Crippen LogP contribution in [0, 0.1) is 13.8 Å². The predicted molar refractivity (Wildman–Crippen MR) is 119 cm³/mol. The molecule has 1 saturated heterocycles. The lowest BCUT2D eigenvalue weighted by atomic mass is 10.0. The summed E-state index contributed by atoms with van der Waals surface area (Å²) in [7, 11) is 0. The first-order valence-corrected chi connectivity index (χ1v) is 10.6. The zero-order valence-corrected chi connectivity index (χ0v) is 17.4. The van der Waals surface area contributed by atoms with E-state index in [2.05, 4.69) is 66.5 Å². The van der Waals surface area contributed by atoms with Crippen molar-refractivity contribution < 1.29 is 0 Å². The molecule has 2 aromatic heterocycles. The molecule has 0 radical (unpaired) electrons. The molecule has 3 heterocycles. The van der Waals surface area contributed by atoms with E-state index in [1.807, 2.05) is 18.5 Å². The molecule has 1 aliphatic heterocycles. The number of hydrogen-bond acceptors (Lipinski definition) is 4. The number of nitrogens with one attached hydrogen (secondary N) is 1. The highest BCUT2D eigenvalue weighted by molar-refractivity contribution is 5.65. The first-order chi connectivity index (χ1) is 14.2. The van der Waals surface area contributed by atoms with E-state index in [0.717, 1.165) is 31.9 Å². The first-order valence-electron chi connectivity index (χ1n) is 10.6. The van der Waals surface area contributed by atoms with Crippen LogP contribution in [0.5, 0.6) is 0 Å². The Hall–Kier alpha value is -2.56. The number of rotatable bonds is 6. The molecule has 4 heteroatoms. The number of hydrogen-bond donors (Lipinski definition) is 1. The van der Waals surface area contributed by atoms with E-state index in [-0.39, 0.29) is 0 Å². The normalized spacial score (nSPS) is 15.0. The fraction of sp³-hybridized carbons (Fsp3) is 0.360. The van der Waals surface area contributed by atoms with Crippen LogP contribution in [0.3, 0.4) is 0 Å². The Balaban J connectivity index is 1.64. The van der Waals surface area contributed by atoms with Gasteiger partial charge < -0.3 is 5.32 Å². The number of pyridine rings is 2. The number of piperidine rings is 1. The molecule has 29 heavy (non-hydrogen) atoms. The van der Waals surface area contributed by atoms with Gasteiger partial charge in [-0.1, -0.05) is 42.5 Å². The second kappa shape index (κ2) is 9.29. The van der Waals surface area contributed by atoms with Crippen LogP contribution in [-0.2, 0) is 13.1 Å². The molecule has 1 N–H and O–H groups in total. The van der Waals surface area contributed by atoms with E-state index < -0.39 is 0 Å². The van der Waals surface area contributed by atoms with E-state index in [0.29, 0.717) is 6.04 Å². The fourth-order valence-corrected chi connectivity index (χ4v) is 4.22. The standard InChI is InChI=1S/C25H30N4/c1-19-15-20(2)24(28-16-19)17-29(22-10-13-26-14-11-22)18-25-23(9-6-12-27-25)21-7-4-3-5-8-21/h3-9,12,15-16,22,26H,10-11,13-14,17-18H2,1-2H3. The van der Waals surface area contributed by atoms with E-state index in [4.69, 9.17) is 9.97 Å². The SMILES string of the molecule is Cc1cnc(CN(Cc2ncccc2-c2ccccc2)C2CCNCC2)c(C)c1. The van der Waals surface area contributed by atoms with Crippen molar-refractivity contribution in [3.05, 3.63) is 83.4 Å². The Morgan fingerprint density at radius 2 is 1.69 bits per heavy atom. The van der Waals surface area contributed by atoms with Gasteiger partial charge in [-0.15, -0.1) is 0 Å². The average Bonchev–Trinajstić information content (AvgIpc) is 2.76. The second-order valence-corrected chi connectivity index (χ2v) is 8.03. The fourth-order valence-electron chi connectivity index (χ4n) is 4.22. The van der Waals surface area contributed by atoms with Gasteiger partial charge in [-0.2, -0.15) is 0 Å². The lowest BCUT2D eigenvalue weighted by Crippen LogP contribution is -2.42. The monoisotopic (exact) mass is 386 g/mol. The molecule has 4 nitrogen and oxygen atoms in total. The summed E-state index contributed by atoms with van der Waals surface area (Å²) < 4.78 is 0. The summed E-state index contributed by atoms with van der Waals surface area (Å²) in [5.41, 5.74) is 7.25. The van der Waals surface area contributed by atoms with Gasteiger partial charge in [0.1, 0.15) is 0 Å². The topological polar surface area (TPSA) is 41.1 Å². The maximum Gasteiger partial charge on any atom is 0.0622 e. The molecule has 150 valence electrons. The lowest BCUT2D eigenvalue weighted by Gasteiger charge is -2.35. The van der Waals surface area contributed by atoms with E-state index >= 15 is 0 Å². The Labute approximate surface area is 174 Å². The minimum absolute atomic E-state index is 0.546. The average molecular weight is 387 g/mol. The summed E-state index contributed by atoms with van der Waals surface area (Å²) in [4.78, 5) is 12.1. The van der Waals surface area contributed by atoms with E-state index in [9.17, 15) is 0 Å². The van der Waals surface area contributed by atoms with E-state index in [1.54, 1.807) is 0 Å². The van der Waals surface area contributed by atoms with Crippen molar-refractivity contribution >= 4 is 0 Å². The van der Waals surface area contributed by atoms with Crippen LogP contribution in [0.15, 0.2) is 60.9 Å². The highest BCUT2D eigenvalue weighted by Gasteiger charge is 2.23. The van der Waals surface area contributed by atoms with Gasteiger partial charge in [0.15, 0.2) is 0 Å². The van der Waals surface area contributed by atoms with Crippen LogP contribution in [-0.4, -0.2) is 34.0 Å². The number of aromatic nitrogens is 2. The molecular formula is C25H30N4. The lowest BCUT2D eigenvalue weighted by molar-refractivity contribution is 0.142. The summed E-state index contributed by atoms with van der Waals surface area (Å²) in [6.07, 6.45) is 6.23. The van der Waals surface area contributed by atoms with Crippen molar-refractivity contribution in [2.24, 2.45) is 0 Å². The van der Waals surface area contributed by atoms with E-state index in [1.165, 1.54) is 40.8 Å². The van der Waals surface area contributed by atoms with Gasteiger partial charge in [-0.05, 0) is 62.5 Å². The van der Waals surface area contributed by atoms with Crippen molar-refractivity contribution in [3.8, 4) is 11.1 Å². The van der Waals surface area contributed by atoms with Crippen LogP contribution in [0.1, 0.15) is 35.4 Å². The molecule has 1 aliphatic rings. The minimum atomic E-state index is 0.546. The van der Waals surface area contributed by atoms with Crippen LogP contribution in [0.25, 0.3) is 11.1 Å². The zero-order chi connectivity index (χ0) is 20.1.